The van der Waals surface area contributed by atoms with Crippen LogP contribution in [0.2, 0.25) is 0 Å². The van der Waals surface area contributed by atoms with Crippen molar-refractivity contribution in [3.05, 3.63) is 40.7 Å². The molecular formula is C12H11ClFN. The molecule has 1 aromatic carbocycles. The highest BCUT2D eigenvalue weighted by Gasteiger charge is 2.10. The zero-order valence-corrected chi connectivity index (χ0v) is 9.40. The second kappa shape index (κ2) is 4.95. The van der Waals surface area contributed by atoms with E-state index >= 15 is 0 Å². The monoisotopic (exact) mass is 223 g/mol. The van der Waals surface area contributed by atoms with Crippen LogP contribution >= 0.6 is 11.6 Å². The summed E-state index contributed by atoms with van der Waals surface area (Å²) in [5, 5.41) is 9.18. The van der Waals surface area contributed by atoms with Gasteiger partial charge in [-0.3, -0.25) is 0 Å². The Morgan fingerprint density at radius 1 is 1.53 bits per heavy atom. The SMILES string of the molecule is CC/C(C#N)=C(/Cl)c1cccc(F)c1C. The molecule has 0 unspecified atom stereocenters. The molecule has 0 aromatic heterocycles. The molecule has 0 fully saturated rings. The third-order valence-electron chi connectivity index (χ3n) is 2.26. The number of benzene rings is 1. The molecule has 0 amide bonds. The van der Waals surface area contributed by atoms with Crippen LogP contribution in [-0.2, 0) is 0 Å². The van der Waals surface area contributed by atoms with Gasteiger partial charge in [-0.1, -0.05) is 30.7 Å². The number of rotatable bonds is 2. The van der Waals surface area contributed by atoms with E-state index in [2.05, 4.69) is 0 Å². The Bertz CT molecular complexity index is 443. The number of nitriles is 1. The number of hydrogen-bond donors (Lipinski definition) is 0. The summed E-state index contributed by atoms with van der Waals surface area (Å²) in [5.41, 5.74) is 1.55. The predicted molar refractivity (Wildman–Crippen MR) is 59.8 cm³/mol. The molecular weight excluding hydrogens is 213 g/mol. The Morgan fingerprint density at radius 3 is 2.73 bits per heavy atom. The molecule has 0 saturated carbocycles. The molecule has 1 nitrogen and oxygen atoms in total. The zero-order chi connectivity index (χ0) is 11.4. The van der Waals surface area contributed by atoms with Crippen LogP contribution in [0.3, 0.4) is 0 Å². The second-order valence-electron chi connectivity index (χ2n) is 3.17. The molecule has 0 bridgehead atoms. The molecule has 1 rings (SSSR count). The Balaban J connectivity index is 3.35. The van der Waals surface area contributed by atoms with Gasteiger partial charge in [0, 0.05) is 5.57 Å². The summed E-state index contributed by atoms with van der Waals surface area (Å²) in [4.78, 5) is 0. The highest BCUT2D eigenvalue weighted by Crippen LogP contribution is 2.28. The minimum absolute atomic E-state index is 0.306. The number of nitrogens with zero attached hydrogens (tertiary/aromatic N) is 1. The molecule has 78 valence electrons. The Kier molecular flexibility index (Phi) is 3.88. The number of hydrogen-bond acceptors (Lipinski definition) is 1. The minimum Gasteiger partial charge on any atom is -0.207 e. The van der Waals surface area contributed by atoms with E-state index in [9.17, 15) is 4.39 Å². The fraction of sp³-hybridized carbons (Fsp3) is 0.250. The molecule has 0 saturated heterocycles. The molecule has 0 radical (unpaired) electrons. The van der Waals surface area contributed by atoms with Gasteiger partial charge in [0.1, 0.15) is 5.82 Å². The van der Waals surface area contributed by atoms with Crippen molar-refractivity contribution in [3.63, 3.8) is 0 Å². The van der Waals surface area contributed by atoms with Gasteiger partial charge in [-0.15, -0.1) is 0 Å². The topological polar surface area (TPSA) is 23.8 Å². The number of halogens is 2. The summed E-state index contributed by atoms with van der Waals surface area (Å²) < 4.78 is 13.2. The molecule has 0 N–H and O–H groups in total. The fourth-order valence-corrected chi connectivity index (χ4v) is 1.67. The van der Waals surface area contributed by atoms with Crippen LogP contribution in [0.15, 0.2) is 23.8 Å². The van der Waals surface area contributed by atoms with Crippen LogP contribution in [0.1, 0.15) is 24.5 Å². The van der Waals surface area contributed by atoms with Gasteiger partial charge in [0.2, 0.25) is 0 Å². The average molecular weight is 224 g/mol. The van der Waals surface area contributed by atoms with Crippen LogP contribution in [0.25, 0.3) is 5.03 Å². The van der Waals surface area contributed by atoms with E-state index in [0.29, 0.717) is 28.2 Å². The van der Waals surface area contributed by atoms with E-state index in [1.54, 1.807) is 19.1 Å². The fourth-order valence-electron chi connectivity index (χ4n) is 1.29. The Hall–Kier alpha value is -1.33. The lowest BCUT2D eigenvalue weighted by Crippen LogP contribution is -1.91. The third kappa shape index (κ3) is 2.37. The summed E-state index contributed by atoms with van der Waals surface area (Å²) in [6.07, 6.45) is 0.547. The van der Waals surface area contributed by atoms with Crippen LogP contribution in [-0.4, -0.2) is 0 Å². The van der Waals surface area contributed by atoms with E-state index in [-0.39, 0.29) is 5.82 Å². The van der Waals surface area contributed by atoms with Crippen molar-refractivity contribution in [2.75, 3.05) is 0 Å². The van der Waals surface area contributed by atoms with Crippen LogP contribution in [0.5, 0.6) is 0 Å². The minimum atomic E-state index is -0.306. The van der Waals surface area contributed by atoms with Gasteiger partial charge in [0.15, 0.2) is 0 Å². The Labute approximate surface area is 93.8 Å². The van der Waals surface area contributed by atoms with Gasteiger partial charge in [0.05, 0.1) is 11.1 Å². The van der Waals surface area contributed by atoms with Crippen molar-refractivity contribution in [1.82, 2.24) is 0 Å². The summed E-state index contributed by atoms with van der Waals surface area (Å²) >= 11 is 6.04. The molecule has 3 heteroatoms. The summed E-state index contributed by atoms with van der Waals surface area (Å²) in [6, 6.07) is 6.70. The third-order valence-corrected chi connectivity index (χ3v) is 2.69. The molecule has 1 aromatic rings. The first kappa shape index (κ1) is 11.7. The molecule has 0 aliphatic heterocycles. The van der Waals surface area contributed by atoms with Crippen molar-refractivity contribution in [2.45, 2.75) is 20.3 Å². The van der Waals surface area contributed by atoms with Crippen molar-refractivity contribution in [3.8, 4) is 6.07 Å². The highest BCUT2D eigenvalue weighted by atomic mass is 35.5. The van der Waals surface area contributed by atoms with E-state index < -0.39 is 0 Å². The van der Waals surface area contributed by atoms with E-state index in [0.717, 1.165) is 0 Å². The Morgan fingerprint density at radius 2 is 2.20 bits per heavy atom. The van der Waals surface area contributed by atoms with Crippen molar-refractivity contribution in [2.24, 2.45) is 0 Å². The maximum atomic E-state index is 13.2. The van der Waals surface area contributed by atoms with Gasteiger partial charge in [-0.2, -0.15) is 5.26 Å². The summed E-state index contributed by atoms with van der Waals surface area (Å²) in [5.74, 6) is -0.306. The lowest BCUT2D eigenvalue weighted by Gasteiger charge is -2.06. The number of allylic oxidation sites excluding steroid dienone is 1. The quantitative estimate of drug-likeness (QED) is 0.695. The maximum Gasteiger partial charge on any atom is 0.126 e. The van der Waals surface area contributed by atoms with Crippen molar-refractivity contribution in [1.29, 1.82) is 5.26 Å². The van der Waals surface area contributed by atoms with Gasteiger partial charge in [0.25, 0.3) is 0 Å². The lowest BCUT2D eigenvalue weighted by atomic mass is 10.0. The predicted octanol–water partition coefficient (Wildman–Crippen LogP) is 4.02. The van der Waals surface area contributed by atoms with Gasteiger partial charge in [-0.25, -0.2) is 4.39 Å². The zero-order valence-electron chi connectivity index (χ0n) is 8.64. The highest BCUT2D eigenvalue weighted by molar-refractivity contribution is 6.49. The smallest absolute Gasteiger partial charge is 0.126 e. The maximum absolute atomic E-state index is 13.2. The normalized spacial score (nSPS) is 11.9. The second-order valence-corrected chi connectivity index (χ2v) is 3.55. The molecule has 0 aliphatic rings. The van der Waals surface area contributed by atoms with E-state index in [4.69, 9.17) is 16.9 Å². The van der Waals surface area contributed by atoms with Crippen LogP contribution in [0, 0.1) is 24.1 Å². The standard InChI is InChI=1S/C12H11ClFN/c1-3-9(7-15)12(13)10-5-4-6-11(14)8(10)2/h4-6H,3H2,1-2H3/b12-9-. The summed E-state index contributed by atoms with van der Waals surface area (Å²) in [6.45, 7) is 3.49. The van der Waals surface area contributed by atoms with Gasteiger partial charge >= 0.3 is 0 Å². The average Bonchev–Trinajstić information content (AvgIpc) is 2.23. The lowest BCUT2D eigenvalue weighted by molar-refractivity contribution is 0.618. The largest absolute Gasteiger partial charge is 0.207 e. The van der Waals surface area contributed by atoms with Gasteiger partial charge < -0.3 is 0 Å². The summed E-state index contributed by atoms with van der Waals surface area (Å²) in [7, 11) is 0. The first-order valence-electron chi connectivity index (χ1n) is 4.66. The molecule has 0 aliphatic carbocycles. The van der Waals surface area contributed by atoms with E-state index in [1.165, 1.54) is 6.07 Å². The van der Waals surface area contributed by atoms with Crippen molar-refractivity contribution < 1.29 is 4.39 Å². The molecule has 0 atom stereocenters. The first-order valence-corrected chi connectivity index (χ1v) is 5.03. The van der Waals surface area contributed by atoms with Gasteiger partial charge in [-0.05, 0) is 30.5 Å². The molecule has 15 heavy (non-hydrogen) atoms. The first-order chi connectivity index (χ1) is 7.11. The van der Waals surface area contributed by atoms with Crippen LogP contribution < -0.4 is 0 Å². The molecule has 0 heterocycles. The molecule has 0 spiro atoms. The van der Waals surface area contributed by atoms with Crippen LogP contribution in [0.4, 0.5) is 4.39 Å². The van der Waals surface area contributed by atoms with E-state index in [1.807, 2.05) is 13.0 Å². The van der Waals surface area contributed by atoms with Crippen molar-refractivity contribution >= 4 is 16.6 Å².